The minimum absolute atomic E-state index is 0.108. The fourth-order valence-electron chi connectivity index (χ4n) is 10.3. The van der Waals surface area contributed by atoms with Crippen molar-refractivity contribution < 1.29 is 9.15 Å². The Balaban J connectivity index is 0.982. The Morgan fingerprint density at radius 3 is 1.91 bits per heavy atom. The van der Waals surface area contributed by atoms with E-state index < -0.39 is 0 Å². The van der Waals surface area contributed by atoms with Crippen LogP contribution < -0.4 is 4.74 Å². The van der Waals surface area contributed by atoms with E-state index in [1.165, 1.54) is 27.4 Å². The van der Waals surface area contributed by atoms with Gasteiger partial charge in [0.25, 0.3) is 0 Å². The minimum atomic E-state index is -0.108. The van der Waals surface area contributed by atoms with Gasteiger partial charge in [0.05, 0.1) is 27.9 Å². The number of nitrogens with zero attached hydrogens (tertiary/aromatic N) is 4. The van der Waals surface area contributed by atoms with Gasteiger partial charge in [-0.1, -0.05) is 133 Å². The topological polar surface area (TPSA) is 58.0 Å². The number of ether oxygens (including phenoxy) is 1. The Bertz CT molecular complexity index is 3840. The maximum atomic E-state index is 6.64. The van der Waals surface area contributed by atoms with Crippen molar-refractivity contribution in [1.29, 1.82) is 0 Å². The van der Waals surface area contributed by atoms with Crippen LogP contribution in [0.2, 0.25) is 0 Å². The third kappa shape index (κ3) is 5.26. The molecule has 1 atom stereocenters. The van der Waals surface area contributed by atoms with Gasteiger partial charge in [0.15, 0.2) is 0 Å². The van der Waals surface area contributed by atoms with Gasteiger partial charge in [0.2, 0.25) is 5.95 Å². The number of rotatable bonds is 5. The average molecular weight is 821 g/mol. The zero-order valence-corrected chi connectivity index (χ0v) is 34.4. The van der Waals surface area contributed by atoms with Gasteiger partial charge >= 0.3 is 0 Å². The van der Waals surface area contributed by atoms with Gasteiger partial charge in [-0.2, -0.15) is 0 Å². The van der Waals surface area contributed by atoms with Crippen molar-refractivity contribution in [2.24, 2.45) is 0 Å². The number of fused-ring (bicyclic) bond motifs is 12. The second-order valence-corrected chi connectivity index (χ2v) is 16.9. The summed E-state index contributed by atoms with van der Waals surface area (Å²) in [6, 6.07) is 68.4. The lowest BCUT2D eigenvalue weighted by atomic mass is 9.90. The van der Waals surface area contributed by atoms with Crippen molar-refractivity contribution in [2.45, 2.75) is 12.5 Å². The van der Waals surface area contributed by atoms with E-state index in [0.29, 0.717) is 12.4 Å². The Hall–Kier alpha value is -8.48. The highest BCUT2D eigenvalue weighted by atomic mass is 16.5. The van der Waals surface area contributed by atoms with Crippen LogP contribution in [-0.2, 0) is 6.42 Å². The third-order valence-corrected chi connectivity index (χ3v) is 13.3. The van der Waals surface area contributed by atoms with Crippen LogP contribution in [0.25, 0.3) is 112 Å². The Kier molecular flexibility index (Phi) is 7.42. The molecule has 6 heteroatoms. The van der Waals surface area contributed by atoms with Crippen molar-refractivity contribution in [1.82, 2.24) is 19.1 Å². The standard InChI is InChI=1S/C58H36N4O2/c1-4-14-35(15-5-1)48-32-49(36-16-6-2-7-17-36)60-58(59-48)62-51-29-38(24-26-41(51)44-30-46-42-21-11-13-23-54(42)63-56(46)34-53(44)62)37-25-27-55-45(28-37)47-31-43-40-20-10-12-22-50(40)61(39-18-8-3-9-19-39)52(43)33-57(47)64-55/h1-33,56H,34H2. The molecule has 14 rings (SSSR count). The number of benzene rings is 8. The smallest absolute Gasteiger partial charge is 0.235 e. The number of hydrogen-bond acceptors (Lipinski definition) is 4. The molecule has 2 aliphatic rings. The van der Waals surface area contributed by atoms with Crippen LogP contribution in [0.1, 0.15) is 16.8 Å². The monoisotopic (exact) mass is 820 g/mol. The Labute approximate surface area is 367 Å². The van der Waals surface area contributed by atoms with Crippen LogP contribution in [-0.4, -0.2) is 25.2 Å². The lowest BCUT2D eigenvalue weighted by Gasteiger charge is -2.20. The van der Waals surface area contributed by atoms with E-state index in [1.54, 1.807) is 0 Å². The summed E-state index contributed by atoms with van der Waals surface area (Å²) in [5.41, 5.74) is 16.9. The largest absolute Gasteiger partial charge is 0.485 e. The molecule has 0 spiro atoms. The van der Waals surface area contributed by atoms with E-state index in [9.17, 15) is 0 Å². The first-order valence-electron chi connectivity index (χ1n) is 21.8. The minimum Gasteiger partial charge on any atom is -0.485 e. The van der Waals surface area contributed by atoms with Crippen LogP contribution in [0.5, 0.6) is 5.75 Å². The first-order chi connectivity index (χ1) is 31.7. The fourth-order valence-corrected chi connectivity index (χ4v) is 10.3. The number of aromatic nitrogens is 4. The highest BCUT2D eigenvalue weighted by Crippen LogP contribution is 2.47. The average Bonchev–Trinajstić information content (AvgIpc) is 4.09. The molecule has 64 heavy (non-hydrogen) atoms. The molecule has 0 fully saturated rings. The molecule has 0 saturated heterocycles. The summed E-state index contributed by atoms with van der Waals surface area (Å²) < 4.78 is 17.9. The quantitative estimate of drug-likeness (QED) is 0.174. The molecule has 5 heterocycles. The molecule has 1 unspecified atom stereocenters. The lowest BCUT2D eigenvalue weighted by Crippen LogP contribution is -2.21. The van der Waals surface area contributed by atoms with Crippen molar-refractivity contribution in [3.63, 3.8) is 0 Å². The molecule has 0 N–H and O–H groups in total. The second kappa shape index (κ2) is 13.5. The molecule has 12 aromatic rings. The summed E-state index contributed by atoms with van der Waals surface area (Å²) in [7, 11) is 0. The predicted octanol–water partition coefficient (Wildman–Crippen LogP) is 14.3. The second-order valence-electron chi connectivity index (χ2n) is 16.9. The van der Waals surface area contributed by atoms with Gasteiger partial charge in [0.1, 0.15) is 23.0 Å². The normalized spacial score (nSPS) is 14.2. The summed E-state index contributed by atoms with van der Waals surface area (Å²) >= 11 is 0. The molecule has 0 saturated carbocycles. The predicted molar refractivity (Wildman–Crippen MR) is 259 cm³/mol. The molecule has 6 nitrogen and oxygen atoms in total. The number of hydrogen-bond donors (Lipinski definition) is 0. The molecule has 1 aliphatic carbocycles. The van der Waals surface area contributed by atoms with Gasteiger partial charge in [-0.25, -0.2) is 9.97 Å². The van der Waals surface area contributed by atoms with E-state index in [1.807, 2.05) is 18.2 Å². The van der Waals surface area contributed by atoms with Crippen LogP contribution in [0.3, 0.4) is 0 Å². The zero-order chi connectivity index (χ0) is 41.9. The van der Waals surface area contributed by atoms with E-state index in [0.717, 1.165) is 94.7 Å². The van der Waals surface area contributed by atoms with Crippen LogP contribution in [0.15, 0.2) is 199 Å². The number of para-hydroxylation sites is 3. The van der Waals surface area contributed by atoms with Crippen molar-refractivity contribution in [3.05, 3.63) is 211 Å². The van der Waals surface area contributed by atoms with Gasteiger partial charge in [0, 0.05) is 78.6 Å². The van der Waals surface area contributed by atoms with Crippen molar-refractivity contribution in [2.75, 3.05) is 0 Å². The molecule has 300 valence electrons. The molecule has 0 radical (unpaired) electrons. The van der Waals surface area contributed by atoms with E-state index in [2.05, 4.69) is 191 Å². The third-order valence-electron chi connectivity index (χ3n) is 13.3. The van der Waals surface area contributed by atoms with Crippen molar-refractivity contribution >= 4 is 66.3 Å². The van der Waals surface area contributed by atoms with Crippen LogP contribution >= 0.6 is 0 Å². The summed E-state index contributed by atoms with van der Waals surface area (Å²) in [6.07, 6.45) is 2.91. The molecule has 1 aliphatic heterocycles. The molecular weight excluding hydrogens is 785 g/mol. The summed E-state index contributed by atoms with van der Waals surface area (Å²) in [6.45, 7) is 0. The van der Waals surface area contributed by atoms with Crippen LogP contribution in [0, 0.1) is 0 Å². The lowest BCUT2D eigenvalue weighted by molar-refractivity contribution is 0.274. The van der Waals surface area contributed by atoms with E-state index in [-0.39, 0.29) is 6.10 Å². The van der Waals surface area contributed by atoms with E-state index >= 15 is 0 Å². The highest BCUT2D eigenvalue weighted by Gasteiger charge is 2.35. The van der Waals surface area contributed by atoms with Crippen molar-refractivity contribution in [3.8, 4) is 51.0 Å². The molecule has 0 bridgehead atoms. The first-order valence-corrected chi connectivity index (χ1v) is 21.8. The molecular formula is C58H36N4O2. The van der Waals surface area contributed by atoms with Gasteiger partial charge < -0.3 is 13.7 Å². The van der Waals surface area contributed by atoms with E-state index in [4.69, 9.17) is 19.1 Å². The van der Waals surface area contributed by atoms with Crippen LogP contribution in [0.4, 0.5) is 0 Å². The maximum Gasteiger partial charge on any atom is 0.235 e. The molecule has 8 aromatic carbocycles. The molecule has 4 aromatic heterocycles. The Morgan fingerprint density at radius 2 is 1.11 bits per heavy atom. The first kappa shape index (κ1) is 35.2. The summed E-state index contributed by atoms with van der Waals surface area (Å²) in [5.74, 6) is 1.56. The van der Waals surface area contributed by atoms with Gasteiger partial charge in [-0.05, 0) is 71.8 Å². The highest BCUT2D eigenvalue weighted by molar-refractivity contribution is 6.18. The fraction of sp³-hybridized carbons (Fsp3) is 0.0345. The SMILES string of the molecule is C1=C2c3ccccc3OC2Cc2c1c1ccc(-c3ccc4oc5cc6c(cc5c4c3)c3ccccc3n6-c3ccccc3)cc1n2-c1nc(-c2ccccc2)cc(-c2ccccc2)n1. The maximum absolute atomic E-state index is 6.64. The summed E-state index contributed by atoms with van der Waals surface area (Å²) in [5, 5.41) is 5.74. The Morgan fingerprint density at radius 1 is 0.453 bits per heavy atom. The van der Waals surface area contributed by atoms with Gasteiger partial charge in [-0.3, -0.25) is 4.57 Å². The summed E-state index contributed by atoms with van der Waals surface area (Å²) in [4.78, 5) is 10.7. The zero-order valence-electron chi connectivity index (χ0n) is 34.4. The van der Waals surface area contributed by atoms with Gasteiger partial charge in [-0.15, -0.1) is 0 Å². The molecule has 0 amide bonds. The number of furan rings is 1.